The number of likely N-dealkylation sites (tertiary alicyclic amines) is 1. The van der Waals surface area contributed by atoms with Crippen molar-refractivity contribution in [2.75, 3.05) is 36.5 Å². The largest absolute Gasteiger partial charge is 0.480 e. The summed E-state index contributed by atoms with van der Waals surface area (Å²) in [5, 5.41) is 12.8. The van der Waals surface area contributed by atoms with Crippen LogP contribution in [0.4, 0.5) is 16.4 Å². The Kier molecular flexibility index (Phi) is 5.73. The number of aryl methyl sites for hydroxylation is 1. The van der Waals surface area contributed by atoms with Gasteiger partial charge in [0.1, 0.15) is 11.9 Å². The Morgan fingerprint density at radius 2 is 1.97 bits per heavy atom. The zero-order chi connectivity index (χ0) is 25.5. The Labute approximate surface area is 211 Å². The zero-order valence-corrected chi connectivity index (χ0v) is 19.9. The molecule has 2 saturated heterocycles. The molecule has 6 rings (SSSR count). The molecular formula is C26H24N6O5. The van der Waals surface area contributed by atoms with E-state index in [1.165, 1.54) is 0 Å². The molecular weight excluding hydrogens is 476 g/mol. The van der Waals surface area contributed by atoms with Gasteiger partial charge >= 0.3 is 6.09 Å². The summed E-state index contributed by atoms with van der Waals surface area (Å²) in [6, 6.07) is 14.1. The smallest absolute Gasteiger partial charge is 0.416 e. The van der Waals surface area contributed by atoms with Gasteiger partial charge in [0, 0.05) is 25.7 Å². The van der Waals surface area contributed by atoms with Gasteiger partial charge in [0.25, 0.3) is 11.5 Å². The van der Waals surface area contributed by atoms with E-state index in [9.17, 15) is 19.6 Å². The number of hydrogen-bond donors (Lipinski definition) is 1. The van der Waals surface area contributed by atoms with Crippen molar-refractivity contribution in [2.45, 2.75) is 31.5 Å². The summed E-state index contributed by atoms with van der Waals surface area (Å²) in [6.45, 7) is 2.55. The molecule has 1 N–H and O–H groups in total. The average Bonchev–Trinajstić information content (AvgIpc) is 3.24. The molecule has 0 aliphatic carbocycles. The number of benzene rings is 1. The van der Waals surface area contributed by atoms with Crippen LogP contribution >= 0.6 is 0 Å². The molecule has 2 amide bonds. The monoisotopic (exact) mass is 500 g/mol. The highest BCUT2D eigenvalue weighted by Gasteiger charge is 2.46. The molecule has 0 saturated carbocycles. The first-order chi connectivity index (χ1) is 18.0. The number of aromatic nitrogens is 2. The Balaban J connectivity index is 1.11. The fourth-order valence-electron chi connectivity index (χ4n) is 5.30. The van der Waals surface area contributed by atoms with Crippen LogP contribution in [-0.2, 0) is 16.1 Å². The SMILES string of the molecule is N#Cc1ccc2ccc(=O)n(CCCN3CC[C@@H]4[C@H](C3)OC(=O)N4c3ccc4c(n3)NC(=O)CO4)c2c1. The molecule has 2 atom stereocenters. The topological polar surface area (TPSA) is 130 Å². The number of piperidine rings is 1. The van der Waals surface area contributed by atoms with Gasteiger partial charge in [-0.25, -0.2) is 9.78 Å². The third kappa shape index (κ3) is 4.25. The molecule has 3 aliphatic heterocycles. The predicted molar refractivity (Wildman–Crippen MR) is 133 cm³/mol. The van der Waals surface area contributed by atoms with Crippen LogP contribution < -0.4 is 20.5 Å². The quantitative estimate of drug-likeness (QED) is 0.564. The van der Waals surface area contributed by atoms with E-state index in [-0.39, 0.29) is 30.2 Å². The lowest BCUT2D eigenvalue weighted by molar-refractivity contribution is -0.118. The number of carbonyl (C=O) groups is 2. The first kappa shape index (κ1) is 23.0. The number of nitrogens with zero attached hydrogens (tertiary/aromatic N) is 5. The van der Waals surface area contributed by atoms with Gasteiger partial charge in [-0.2, -0.15) is 5.26 Å². The van der Waals surface area contributed by atoms with Crippen LogP contribution in [0.3, 0.4) is 0 Å². The number of amides is 2. The van der Waals surface area contributed by atoms with E-state index in [1.54, 1.807) is 45.9 Å². The van der Waals surface area contributed by atoms with Crippen molar-refractivity contribution >= 4 is 34.5 Å². The summed E-state index contributed by atoms with van der Waals surface area (Å²) in [5.74, 6) is 0.899. The van der Waals surface area contributed by atoms with E-state index in [1.807, 2.05) is 6.07 Å². The van der Waals surface area contributed by atoms with Gasteiger partial charge in [-0.05, 0) is 55.1 Å². The van der Waals surface area contributed by atoms with E-state index in [0.717, 1.165) is 30.4 Å². The van der Waals surface area contributed by atoms with Gasteiger partial charge in [0.15, 0.2) is 18.2 Å². The predicted octanol–water partition coefficient (Wildman–Crippen LogP) is 2.09. The maximum Gasteiger partial charge on any atom is 0.416 e. The van der Waals surface area contributed by atoms with Gasteiger partial charge in [-0.15, -0.1) is 0 Å². The summed E-state index contributed by atoms with van der Waals surface area (Å²) in [6.07, 6.45) is 0.681. The van der Waals surface area contributed by atoms with E-state index < -0.39 is 6.09 Å². The minimum atomic E-state index is -0.456. The van der Waals surface area contributed by atoms with Gasteiger partial charge in [-0.1, -0.05) is 6.07 Å². The summed E-state index contributed by atoms with van der Waals surface area (Å²) >= 11 is 0. The van der Waals surface area contributed by atoms with Crippen molar-refractivity contribution in [3.05, 3.63) is 58.4 Å². The summed E-state index contributed by atoms with van der Waals surface area (Å²) in [4.78, 5) is 45.2. The zero-order valence-electron chi connectivity index (χ0n) is 19.9. The second kappa shape index (κ2) is 9.22. The molecule has 0 unspecified atom stereocenters. The van der Waals surface area contributed by atoms with Crippen LogP contribution in [0.15, 0.2) is 47.3 Å². The molecule has 0 radical (unpaired) electrons. The minimum absolute atomic E-state index is 0.0592. The minimum Gasteiger partial charge on any atom is -0.480 e. The Morgan fingerprint density at radius 3 is 2.84 bits per heavy atom. The number of ether oxygens (including phenoxy) is 2. The number of nitriles is 1. The van der Waals surface area contributed by atoms with E-state index in [2.05, 4.69) is 21.3 Å². The summed E-state index contributed by atoms with van der Waals surface area (Å²) in [5.41, 5.74) is 1.18. The van der Waals surface area contributed by atoms with E-state index in [0.29, 0.717) is 42.5 Å². The van der Waals surface area contributed by atoms with Gasteiger partial charge in [0.05, 0.1) is 23.2 Å². The van der Waals surface area contributed by atoms with Gasteiger partial charge < -0.3 is 19.4 Å². The number of anilines is 2. The highest BCUT2D eigenvalue weighted by atomic mass is 16.6. The van der Waals surface area contributed by atoms with E-state index >= 15 is 0 Å². The summed E-state index contributed by atoms with van der Waals surface area (Å²) in [7, 11) is 0. The van der Waals surface area contributed by atoms with Crippen LogP contribution in [-0.4, -0.2) is 64.8 Å². The Bertz CT molecular complexity index is 1510. The summed E-state index contributed by atoms with van der Waals surface area (Å²) < 4.78 is 12.8. The van der Waals surface area contributed by atoms with Gasteiger partial charge in [0.2, 0.25) is 0 Å². The van der Waals surface area contributed by atoms with Crippen molar-refractivity contribution < 1.29 is 19.1 Å². The van der Waals surface area contributed by atoms with Crippen molar-refractivity contribution in [1.82, 2.24) is 14.5 Å². The molecule has 3 aliphatic rings. The maximum atomic E-state index is 12.8. The fraction of sp³-hybridized carbons (Fsp3) is 0.346. The van der Waals surface area contributed by atoms with Crippen LogP contribution in [0.25, 0.3) is 10.9 Å². The molecule has 1 aromatic carbocycles. The molecule has 37 heavy (non-hydrogen) atoms. The van der Waals surface area contributed by atoms with Crippen molar-refractivity contribution in [3.63, 3.8) is 0 Å². The maximum absolute atomic E-state index is 12.8. The number of rotatable bonds is 5. The molecule has 0 spiro atoms. The molecule has 11 heteroatoms. The fourth-order valence-corrected chi connectivity index (χ4v) is 5.30. The first-order valence-electron chi connectivity index (χ1n) is 12.2. The van der Waals surface area contributed by atoms with E-state index in [4.69, 9.17) is 9.47 Å². The highest BCUT2D eigenvalue weighted by Crippen LogP contribution is 2.34. The normalized spacial score (nSPS) is 21.0. The van der Waals surface area contributed by atoms with Crippen LogP contribution in [0.2, 0.25) is 0 Å². The highest BCUT2D eigenvalue weighted by molar-refractivity contribution is 5.95. The third-order valence-corrected chi connectivity index (χ3v) is 7.07. The first-order valence-corrected chi connectivity index (χ1v) is 12.2. The third-order valence-electron chi connectivity index (χ3n) is 7.07. The lowest BCUT2D eigenvalue weighted by Gasteiger charge is -2.35. The number of hydrogen-bond acceptors (Lipinski definition) is 8. The van der Waals surface area contributed by atoms with Crippen molar-refractivity contribution in [3.8, 4) is 11.8 Å². The molecule has 11 nitrogen and oxygen atoms in total. The number of carbonyl (C=O) groups excluding carboxylic acids is 2. The number of nitrogens with one attached hydrogen (secondary N) is 1. The second-order valence-corrected chi connectivity index (χ2v) is 9.36. The van der Waals surface area contributed by atoms with Crippen molar-refractivity contribution in [1.29, 1.82) is 5.26 Å². The standard InChI is InChI=1S/C26H24N6O5/c27-13-16-2-3-17-4-7-24(34)31(19(17)12-16)10-1-9-30-11-8-18-21(14-30)37-26(35)32(18)22-6-5-20-25(28-22)29-23(33)15-36-20/h2-7,12,18,21H,1,8-11,14-15H2,(H,28,29,33)/t18-,21+/m1/s1. The van der Waals surface area contributed by atoms with Gasteiger partial charge in [-0.3, -0.25) is 19.4 Å². The molecule has 188 valence electrons. The lowest BCUT2D eigenvalue weighted by Crippen LogP contribution is -2.49. The van der Waals surface area contributed by atoms with Crippen LogP contribution in [0, 0.1) is 11.3 Å². The van der Waals surface area contributed by atoms with Crippen LogP contribution in [0.1, 0.15) is 18.4 Å². The number of fused-ring (bicyclic) bond motifs is 3. The van der Waals surface area contributed by atoms with Crippen molar-refractivity contribution in [2.24, 2.45) is 0 Å². The molecule has 3 aromatic rings. The Morgan fingerprint density at radius 1 is 1.11 bits per heavy atom. The second-order valence-electron chi connectivity index (χ2n) is 9.36. The molecule has 5 heterocycles. The molecule has 0 bridgehead atoms. The molecule has 2 aromatic heterocycles. The average molecular weight is 501 g/mol. The van der Waals surface area contributed by atoms with Crippen LogP contribution in [0.5, 0.6) is 5.75 Å². The Hall–Kier alpha value is -4.43. The lowest BCUT2D eigenvalue weighted by atomic mass is 10.0. The molecule has 2 fully saturated rings. The number of pyridine rings is 2.